The van der Waals surface area contributed by atoms with Crippen molar-refractivity contribution in [1.29, 1.82) is 0 Å². The zero-order valence-electron chi connectivity index (χ0n) is 14.2. The number of hydrogen-bond donors (Lipinski definition) is 1. The average molecular weight is 374 g/mol. The normalized spacial score (nSPS) is 19.8. The lowest BCUT2D eigenvalue weighted by molar-refractivity contribution is -0.128. The van der Waals surface area contributed by atoms with Crippen LogP contribution in [0.15, 0.2) is 48.7 Å². The van der Waals surface area contributed by atoms with Gasteiger partial charge in [-0.3, -0.25) is 19.8 Å². The van der Waals surface area contributed by atoms with E-state index in [9.17, 15) is 14.0 Å². The minimum atomic E-state index is -0.485. The number of carbonyl (C=O) groups excluding carboxylic acids is 2. The fourth-order valence-electron chi connectivity index (χ4n) is 2.92. The summed E-state index contributed by atoms with van der Waals surface area (Å²) < 4.78 is 13.0. The summed E-state index contributed by atoms with van der Waals surface area (Å²) >= 11 is 5.03. The van der Waals surface area contributed by atoms with Crippen molar-refractivity contribution in [3.63, 3.8) is 0 Å². The van der Waals surface area contributed by atoms with Gasteiger partial charge in [0.2, 0.25) is 0 Å². The summed E-state index contributed by atoms with van der Waals surface area (Å²) in [4.78, 5) is 30.0. The molecule has 2 saturated heterocycles. The molecule has 1 N–H and O–H groups in total. The second kappa shape index (κ2) is 7.65. The third-order valence-electron chi connectivity index (χ3n) is 4.32. The molecule has 0 atom stereocenters. The molecule has 0 radical (unpaired) electrons. The molecule has 0 saturated carbocycles. The van der Waals surface area contributed by atoms with Crippen LogP contribution in [-0.2, 0) is 9.59 Å². The fraction of sp³-hybridized carbons (Fsp3) is 0.278. The second-order valence-electron chi connectivity index (χ2n) is 6.01. The number of amides is 2. The first-order valence-corrected chi connectivity index (χ1v) is 8.65. The van der Waals surface area contributed by atoms with E-state index in [0.717, 1.165) is 5.69 Å². The van der Waals surface area contributed by atoms with E-state index in [-0.39, 0.29) is 23.0 Å². The molecule has 0 bridgehead atoms. The molecule has 2 amide bonds. The van der Waals surface area contributed by atoms with Crippen molar-refractivity contribution in [2.75, 3.05) is 37.6 Å². The van der Waals surface area contributed by atoms with E-state index >= 15 is 0 Å². The zero-order valence-corrected chi connectivity index (χ0v) is 15.0. The number of nitrogens with zero attached hydrogens (tertiary/aromatic N) is 3. The maximum absolute atomic E-state index is 13.0. The van der Waals surface area contributed by atoms with Crippen LogP contribution in [0.4, 0.5) is 10.1 Å². The molecule has 0 unspecified atom stereocenters. The standard InChI is InChI=1S/C18H19FN4O2S/c1-2-7-23-17(25)15(16(24)20-18(23)26)12-21-8-10-22(11-9-21)14-5-3-13(19)4-6-14/h2-6,12H,1,7-11H2,(H,20,24,26)/b15-12-. The number of halogens is 1. The zero-order chi connectivity index (χ0) is 18.7. The maximum atomic E-state index is 13.0. The van der Waals surface area contributed by atoms with Crippen LogP contribution in [0.5, 0.6) is 0 Å². The summed E-state index contributed by atoms with van der Waals surface area (Å²) in [6.45, 7) is 6.55. The number of piperazine rings is 1. The Labute approximate surface area is 156 Å². The molecule has 0 spiro atoms. The largest absolute Gasteiger partial charge is 0.373 e. The van der Waals surface area contributed by atoms with Gasteiger partial charge in [0.05, 0.1) is 0 Å². The van der Waals surface area contributed by atoms with Crippen molar-refractivity contribution in [3.05, 3.63) is 54.5 Å². The van der Waals surface area contributed by atoms with Gasteiger partial charge in [0.25, 0.3) is 11.8 Å². The van der Waals surface area contributed by atoms with Crippen LogP contribution < -0.4 is 10.2 Å². The van der Waals surface area contributed by atoms with Crippen molar-refractivity contribution >= 4 is 34.8 Å². The quantitative estimate of drug-likeness (QED) is 0.372. The van der Waals surface area contributed by atoms with Crippen LogP contribution in [0.3, 0.4) is 0 Å². The molecular weight excluding hydrogens is 355 g/mol. The Morgan fingerprint density at radius 2 is 1.81 bits per heavy atom. The third kappa shape index (κ3) is 3.75. The fourth-order valence-corrected chi connectivity index (χ4v) is 3.17. The van der Waals surface area contributed by atoms with Gasteiger partial charge in [-0.15, -0.1) is 6.58 Å². The Bertz CT molecular complexity index is 770. The van der Waals surface area contributed by atoms with Crippen LogP contribution in [0.25, 0.3) is 0 Å². The molecule has 3 rings (SSSR count). The molecule has 2 heterocycles. The molecule has 8 heteroatoms. The first kappa shape index (κ1) is 18.1. The lowest BCUT2D eigenvalue weighted by Gasteiger charge is -2.36. The molecule has 0 aliphatic carbocycles. The monoisotopic (exact) mass is 374 g/mol. The molecule has 2 aliphatic rings. The minimum Gasteiger partial charge on any atom is -0.373 e. The van der Waals surface area contributed by atoms with Gasteiger partial charge in [-0.1, -0.05) is 6.08 Å². The van der Waals surface area contributed by atoms with Crippen molar-refractivity contribution in [2.24, 2.45) is 0 Å². The van der Waals surface area contributed by atoms with Crippen LogP contribution in [0, 0.1) is 5.82 Å². The topological polar surface area (TPSA) is 55.9 Å². The Balaban J connectivity index is 1.67. The van der Waals surface area contributed by atoms with Gasteiger partial charge in [0.15, 0.2) is 5.11 Å². The first-order valence-electron chi connectivity index (χ1n) is 8.24. The highest BCUT2D eigenvalue weighted by Crippen LogP contribution is 2.18. The van der Waals surface area contributed by atoms with Crippen molar-refractivity contribution in [3.8, 4) is 0 Å². The van der Waals surface area contributed by atoms with Crippen LogP contribution in [-0.4, -0.2) is 59.5 Å². The summed E-state index contributed by atoms with van der Waals surface area (Å²) in [6.07, 6.45) is 3.15. The molecule has 0 aromatic heterocycles. The molecule has 2 fully saturated rings. The molecule has 1 aromatic carbocycles. The highest BCUT2D eigenvalue weighted by atomic mass is 32.1. The predicted octanol–water partition coefficient (Wildman–Crippen LogP) is 1.26. The molecule has 1 aromatic rings. The van der Waals surface area contributed by atoms with Crippen molar-refractivity contribution in [2.45, 2.75) is 0 Å². The molecular formula is C18H19FN4O2S. The van der Waals surface area contributed by atoms with E-state index in [0.29, 0.717) is 26.2 Å². The average Bonchev–Trinajstić information content (AvgIpc) is 2.63. The first-order chi connectivity index (χ1) is 12.5. The Kier molecular flexibility index (Phi) is 5.32. The van der Waals surface area contributed by atoms with Gasteiger partial charge in [-0.2, -0.15) is 0 Å². The van der Waals surface area contributed by atoms with Gasteiger partial charge in [0, 0.05) is 44.6 Å². The van der Waals surface area contributed by atoms with Gasteiger partial charge in [0.1, 0.15) is 11.4 Å². The Hall–Kier alpha value is -2.74. The summed E-state index contributed by atoms with van der Waals surface area (Å²) in [6, 6.07) is 6.36. The van der Waals surface area contributed by atoms with E-state index in [1.165, 1.54) is 17.0 Å². The lowest BCUT2D eigenvalue weighted by Crippen LogP contribution is -2.54. The van der Waals surface area contributed by atoms with Gasteiger partial charge in [-0.05, 0) is 36.5 Å². The Morgan fingerprint density at radius 1 is 1.15 bits per heavy atom. The second-order valence-corrected chi connectivity index (χ2v) is 6.39. The van der Waals surface area contributed by atoms with Gasteiger partial charge >= 0.3 is 0 Å². The number of thiocarbonyl (C=S) groups is 1. The molecule has 2 aliphatic heterocycles. The number of anilines is 1. The molecule has 26 heavy (non-hydrogen) atoms. The maximum Gasteiger partial charge on any atom is 0.267 e. The van der Waals surface area contributed by atoms with Crippen LogP contribution in [0.1, 0.15) is 0 Å². The Morgan fingerprint density at radius 3 is 2.42 bits per heavy atom. The smallest absolute Gasteiger partial charge is 0.267 e. The predicted molar refractivity (Wildman–Crippen MR) is 101 cm³/mol. The number of benzene rings is 1. The number of carbonyl (C=O) groups is 2. The van der Waals surface area contributed by atoms with E-state index in [1.807, 2.05) is 4.90 Å². The van der Waals surface area contributed by atoms with E-state index in [2.05, 4.69) is 16.8 Å². The van der Waals surface area contributed by atoms with Gasteiger partial charge in [-0.25, -0.2) is 4.39 Å². The number of hydrogen-bond acceptors (Lipinski definition) is 5. The van der Waals surface area contributed by atoms with Gasteiger partial charge < -0.3 is 9.80 Å². The van der Waals surface area contributed by atoms with E-state index in [4.69, 9.17) is 12.2 Å². The van der Waals surface area contributed by atoms with Crippen molar-refractivity contribution in [1.82, 2.24) is 15.1 Å². The third-order valence-corrected chi connectivity index (χ3v) is 4.64. The lowest BCUT2D eigenvalue weighted by atomic mass is 10.1. The summed E-state index contributed by atoms with van der Waals surface area (Å²) in [7, 11) is 0. The molecule has 6 nitrogen and oxygen atoms in total. The minimum absolute atomic E-state index is 0.0654. The summed E-state index contributed by atoms with van der Waals surface area (Å²) in [5, 5.41) is 2.63. The molecule has 136 valence electrons. The highest BCUT2D eigenvalue weighted by Gasteiger charge is 2.33. The number of nitrogens with one attached hydrogen (secondary N) is 1. The van der Waals surface area contributed by atoms with E-state index < -0.39 is 11.8 Å². The number of rotatable bonds is 4. The van der Waals surface area contributed by atoms with Crippen molar-refractivity contribution < 1.29 is 14.0 Å². The summed E-state index contributed by atoms with van der Waals surface area (Å²) in [5.74, 6) is -1.16. The van der Waals surface area contributed by atoms with Crippen LogP contribution >= 0.6 is 12.2 Å². The van der Waals surface area contributed by atoms with Crippen LogP contribution in [0.2, 0.25) is 0 Å². The van der Waals surface area contributed by atoms with E-state index in [1.54, 1.807) is 24.4 Å². The summed E-state index contributed by atoms with van der Waals surface area (Å²) in [5.41, 5.74) is 1.02. The SMILES string of the molecule is C=CCN1C(=O)/C(=C\N2CCN(c3ccc(F)cc3)CC2)C(=O)NC1=S. The highest BCUT2D eigenvalue weighted by molar-refractivity contribution is 7.80.